The zero-order valence-electron chi connectivity index (χ0n) is 9.41. The lowest BCUT2D eigenvalue weighted by Crippen LogP contribution is -2.01. The normalized spacial score (nSPS) is 11.7. The third-order valence-electron chi connectivity index (χ3n) is 2.60. The number of rotatable bonds is 2. The molecule has 0 amide bonds. The fraction of sp³-hybridized carbons (Fsp3) is 0.0909. The van der Waals surface area contributed by atoms with Gasteiger partial charge < -0.3 is 15.6 Å². The lowest BCUT2D eigenvalue weighted by Gasteiger charge is -2.10. The minimum Gasteiger partial charge on any atom is -0.506 e. The van der Waals surface area contributed by atoms with E-state index in [4.69, 9.17) is 15.0 Å². The molecule has 18 heavy (non-hydrogen) atoms. The summed E-state index contributed by atoms with van der Waals surface area (Å²) in [6.45, 7) is 0. The number of anilines is 1. The molecule has 4 N–H and O–H groups in total. The van der Waals surface area contributed by atoms with E-state index in [2.05, 4.69) is 0 Å². The highest BCUT2D eigenvalue weighted by Gasteiger charge is 2.18. The van der Waals surface area contributed by atoms with Crippen LogP contribution in [-0.4, -0.2) is 25.2 Å². The van der Waals surface area contributed by atoms with Crippen LogP contribution in [0.15, 0.2) is 29.2 Å². The van der Waals surface area contributed by atoms with Crippen molar-refractivity contribution in [1.82, 2.24) is 0 Å². The molecule has 0 aliphatic rings. The Kier molecular flexibility index (Phi) is 2.80. The molecule has 0 aromatic heterocycles. The van der Waals surface area contributed by atoms with Gasteiger partial charge >= 0.3 is 0 Å². The van der Waals surface area contributed by atoms with Crippen molar-refractivity contribution in [2.24, 2.45) is 0 Å². The van der Waals surface area contributed by atoms with Gasteiger partial charge in [-0.25, -0.2) is 0 Å². The van der Waals surface area contributed by atoms with Crippen LogP contribution in [0, 0.1) is 0 Å². The number of methoxy groups -OCH3 is 1. The van der Waals surface area contributed by atoms with Crippen LogP contribution >= 0.6 is 0 Å². The molecule has 0 unspecified atom stereocenters. The van der Waals surface area contributed by atoms with Gasteiger partial charge in [0.05, 0.1) is 12.8 Å². The van der Waals surface area contributed by atoms with Crippen molar-refractivity contribution in [3.8, 4) is 11.5 Å². The monoisotopic (exact) mass is 269 g/mol. The van der Waals surface area contributed by atoms with Crippen LogP contribution in [0.5, 0.6) is 11.5 Å². The van der Waals surface area contributed by atoms with E-state index in [-0.39, 0.29) is 11.1 Å². The van der Waals surface area contributed by atoms with E-state index in [9.17, 15) is 13.5 Å². The SMILES string of the molecule is COc1ccc2c(S(=O)(=O)O)cc(O)c(N)c2c1. The second-order valence-corrected chi connectivity index (χ2v) is 5.08. The summed E-state index contributed by atoms with van der Waals surface area (Å²) in [5, 5.41) is 10.1. The van der Waals surface area contributed by atoms with Crippen molar-refractivity contribution in [2.75, 3.05) is 12.8 Å². The maximum absolute atomic E-state index is 11.2. The Morgan fingerprint density at radius 3 is 2.44 bits per heavy atom. The van der Waals surface area contributed by atoms with Crippen LogP contribution in [0.4, 0.5) is 5.69 Å². The van der Waals surface area contributed by atoms with Crippen molar-refractivity contribution in [1.29, 1.82) is 0 Å². The van der Waals surface area contributed by atoms with E-state index in [0.29, 0.717) is 11.1 Å². The Hall–Kier alpha value is -1.99. The third kappa shape index (κ3) is 1.93. The zero-order chi connectivity index (χ0) is 13.5. The fourth-order valence-electron chi connectivity index (χ4n) is 1.72. The van der Waals surface area contributed by atoms with Crippen LogP contribution in [0.25, 0.3) is 10.8 Å². The van der Waals surface area contributed by atoms with Crippen LogP contribution in [0.1, 0.15) is 0 Å². The highest BCUT2D eigenvalue weighted by Crippen LogP contribution is 2.36. The zero-order valence-corrected chi connectivity index (χ0v) is 10.2. The van der Waals surface area contributed by atoms with Gasteiger partial charge in [0.25, 0.3) is 10.1 Å². The summed E-state index contributed by atoms with van der Waals surface area (Å²) in [7, 11) is -3.00. The number of aromatic hydroxyl groups is 1. The Morgan fingerprint density at radius 1 is 1.22 bits per heavy atom. The van der Waals surface area contributed by atoms with Crippen molar-refractivity contribution < 1.29 is 22.8 Å². The summed E-state index contributed by atoms with van der Waals surface area (Å²) < 4.78 is 36.6. The molecule has 2 rings (SSSR count). The summed E-state index contributed by atoms with van der Waals surface area (Å²) >= 11 is 0. The molecule has 2 aromatic carbocycles. The topological polar surface area (TPSA) is 110 Å². The van der Waals surface area contributed by atoms with Gasteiger partial charge in [-0.2, -0.15) is 8.42 Å². The molecule has 0 saturated heterocycles. The molecule has 0 fully saturated rings. The first-order chi connectivity index (χ1) is 8.34. The minimum atomic E-state index is -4.44. The standard InChI is InChI=1S/C11H11NO5S/c1-17-6-2-3-7-8(4-6)11(12)9(13)5-10(7)18(14,15)16/h2-5,13H,12H2,1H3,(H,14,15,16). The molecular weight excluding hydrogens is 258 g/mol. The first-order valence-electron chi connectivity index (χ1n) is 4.91. The van der Waals surface area contributed by atoms with Crippen molar-refractivity contribution in [3.05, 3.63) is 24.3 Å². The maximum Gasteiger partial charge on any atom is 0.295 e. The molecule has 2 aromatic rings. The quantitative estimate of drug-likeness (QED) is 0.431. The largest absolute Gasteiger partial charge is 0.506 e. The van der Waals surface area contributed by atoms with Gasteiger partial charge in [0.15, 0.2) is 0 Å². The summed E-state index contributed by atoms with van der Waals surface area (Å²) in [4.78, 5) is -0.396. The van der Waals surface area contributed by atoms with Gasteiger partial charge in [-0.3, -0.25) is 4.55 Å². The first kappa shape index (κ1) is 12.5. The number of benzene rings is 2. The number of ether oxygens (including phenoxy) is 1. The number of phenols is 1. The van der Waals surface area contributed by atoms with Crippen LogP contribution < -0.4 is 10.5 Å². The molecule has 0 atom stereocenters. The minimum absolute atomic E-state index is 0.0244. The average Bonchev–Trinajstić information content (AvgIpc) is 2.31. The molecule has 0 bridgehead atoms. The van der Waals surface area contributed by atoms with E-state index in [1.807, 2.05) is 0 Å². The van der Waals surface area contributed by atoms with Crippen molar-refractivity contribution in [3.63, 3.8) is 0 Å². The molecule has 0 heterocycles. The Morgan fingerprint density at radius 2 is 1.89 bits per heavy atom. The van der Waals surface area contributed by atoms with Gasteiger partial charge in [-0.05, 0) is 18.2 Å². The summed E-state index contributed by atoms with van der Waals surface area (Å²) in [5.74, 6) is 0.0458. The van der Waals surface area contributed by atoms with E-state index in [1.54, 1.807) is 0 Å². The number of hydrogen-bond donors (Lipinski definition) is 3. The predicted octanol–water partition coefficient (Wildman–Crippen LogP) is 1.38. The molecule has 0 aliphatic carbocycles. The van der Waals surface area contributed by atoms with Gasteiger partial charge in [-0.1, -0.05) is 0 Å². The smallest absolute Gasteiger partial charge is 0.295 e. The number of hydrogen-bond acceptors (Lipinski definition) is 5. The van der Waals surface area contributed by atoms with Crippen LogP contribution in [0.2, 0.25) is 0 Å². The van der Waals surface area contributed by atoms with E-state index >= 15 is 0 Å². The summed E-state index contributed by atoms with van der Waals surface area (Å²) in [6.07, 6.45) is 0. The number of nitrogens with two attached hydrogens (primary N) is 1. The van der Waals surface area contributed by atoms with Gasteiger partial charge in [0.2, 0.25) is 0 Å². The van der Waals surface area contributed by atoms with E-state index in [1.165, 1.54) is 25.3 Å². The molecule has 0 aliphatic heterocycles. The molecule has 96 valence electrons. The molecule has 0 spiro atoms. The second-order valence-electron chi connectivity index (χ2n) is 3.69. The second kappa shape index (κ2) is 4.04. The van der Waals surface area contributed by atoms with Crippen molar-refractivity contribution in [2.45, 2.75) is 4.90 Å². The molecule has 0 saturated carbocycles. The maximum atomic E-state index is 11.2. The average molecular weight is 269 g/mol. The number of phenolic OH excluding ortho intramolecular Hbond substituents is 1. The Labute approximate surface area is 103 Å². The number of fused-ring (bicyclic) bond motifs is 1. The third-order valence-corrected chi connectivity index (χ3v) is 3.50. The highest BCUT2D eigenvalue weighted by molar-refractivity contribution is 7.86. The molecule has 7 heteroatoms. The first-order valence-corrected chi connectivity index (χ1v) is 6.35. The summed E-state index contributed by atoms with van der Waals surface area (Å²) in [6, 6.07) is 5.39. The van der Waals surface area contributed by atoms with Crippen LogP contribution in [-0.2, 0) is 10.1 Å². The highest BCUT2D eigenvalue weighted by atomic mass is 32.2. The lowest BCUT2D eigenvalue weighted by atomic mass is 10.1. The Balaban J connectivity index is 2.96. The predicted molar refractivity (Wildman–Crippen MR) is 66.4 cm³/mol. The fourth-order valence-corrected chi connectivity index (χ4v) is 2.44. The molecule has 6 nitrogen and oxygen atoms in total. The number of nitrogen functional groups attached to an aromatic ring is 1. The van der Waals surface area contributed by atoms with E-state index < -0.39 is 20.8 Å². The molecular formula is C11H11NO5S. The Bertz CT molecular complexity index is 724. The van der Waals surface area contributed by atoms with E-state index in [0.717, 1.165) is 6.07 Å². The van der Waals surface area contributed by atoms with Crippen LogP contribution in [0.3, 0.4) is 0 Å². The van der Waals surface area contributed by atoms with Crippen molar-refractivity contribution >= 4 is 26.6 Å². The van der Waals surface area contributed by atoms with Gasteiger partial charge in [-0.15, -0.1) is 0 Å². The lowest BCUT2D eigenvalue weighted by molar-refractivity contribution is 0.415. The van der Waals surface area contributed by atoms with Gasteiger partial charge in [0.1, 0.15) is 16.4 Å². The van der Waals surface area contributed by atoms with Gasteiger partial charge in [0, 0.05) is 16.8 Å². The molecule has 0 radical (unpaired) electrons. The summed E-state index contributed by atoms with van der Waals surface area (Å²) in [5.41, 5.74) is 5.70.